The Morgan fingerprint density at radius 3 is 2.70 bits per heavy atom. The minimum Gasteiger partial charge on any atom is -0.469 e. The average Bonchev–Trinajstić information content (AvgIpc) is 3.06. The predicted molar refractivity (Wildman–Crippen MR) is 84.6 cm³/mol. The second-order valence-electron chi connectivity index (χ2n) is 4.87. The molecule has 0 aliphatic carbocycles. The Kier molecular flexibility index (Phi) is 3.78. The molecular weight excluding hydrogens is 318 g/mol. The van der Waals surface area contributed by atoms with Crippen LogP contribution in [0.2, 0.25) is 0 Å². The van der Waals surface area contributed by atoms with Crippen molar-refractivity contribution in [3.8, 4) is 11.4 Å². The third kappa shape index (κ3) is 2.78. The maximum Gasteiger partial charge on any atom is 0.272 e. The first-order valence-corrected chi connectivity index (χ1v) is 7.47. The van der Waals surface area contributed by atoms with Gasteiger partial charge in [0.25, 0.3) is 5.69 Å². The highest BCUT2D eigenvalue weighted by atomic mass is 32.2. The van der Waals surface area contributed by atoms with Gasteiger partial charge in [0.15, 0.2) is 5.82 Å². The van der Waals surface area contributed by atoms with Crippen LogP contribution in [0.15, 0.2) is 45.0 Å². The lowest BCUT2D eigenvalue weighted by Crippen LogP contribution is -2.11. The van der Waals surface area contributed by atoms with Crippen molar-refractivity contribution in [2.45, 2.75) is 23.9 Å². The summed E-state index contributed by atoms with van der Waals surface area (Å²) in [6.45, 7) is 3.51. The van der Waals surface area contributed by atoms with Gasteiger partial charge in [-0.05, 0) is 43.8 Å². The van der Waals surface area contributed by atoms with Crippen LogP contribution in [0.1, 0.15) is 11.3 Å². The van der Waals surface area contributed by atoms with Crippen LogP contribution in [0.25, 0.3) is 11.4 Å². The number of aromatic nitrogens is 3. The van der Waals surface area contributed by atoms with Crippen LogP contribution in [0, 0.1) is 24.0 Å². The summed E-state index contributed by atoms with van der Waals surface area (Å²) in [5.74, 6) is 7.25. The topological polar surface area (TPSA) is 113 Å². The number of nitrogens with zero attached hydrogens (tertiary/aromatic N) is 4. The van der Waals surface area contributed by atoms with Crippen molar-refractivity contribution < 1.29 is 9.34 Å². The van der Waals surface area contributed by atoms with Gasteiger partial charge in [0, 0.05) is 16.5 Å². The molecule has 0 saturated carbocycles. The molecular formula is C14H13N5O3S. The van der Waals surface area contributed by atoms with Crippen molar-refractivity contribution in [2.75, 3.05) is 5.84 Å². The monoisotopic (exact) mass is 331 g/mol. The molecule has 0 bridgehead atoms. The zero-order valence-corrected chi connectivity index (χ0v) is 13.2. The maximum absolute atomic E-state index is 10.9. The molecule has 0 amide bonds. The summed E-state index contributed by atoms with van der Waals surface area (Å²) in [4.78, 5) is 11.2. The van der Waals surface area contributed by atoms with Gasteiger partial charge in [0.2, 0.25) is 5.16 Å². The van der Waals surface area contributed by atoms with Crippen LogP contribution >= 0.6 is 11.8 Å². The van der Waals surface area contributed by atoms with Crippen LogP contribution in [0.4, 0.5) is 5.69 Å². The number of nitro benzene ring substituents is 1. The first-order chi connectivity index (χ1) is 11.0. The van der Waals surface area contributed by atoms with Crippen LogP contribution < -0.4 is 5.84 Å². The minimum absolute atomic E-state index is 0.0817. The molecule has 1 aromatic carbocycles. The number of furan rings is 1. The molecule has 2 heterocycles. The number of aryl methyl sites for hydroxylation is 2. The van der Waals surface area contributed by atoms with E-state index in [0.717, 1.165) is 10.5 Å². The van der Waals surface area contributed by atoms with Gasteiger partial charge in [-0.1, -0.05) is 0 Å². The number of nitrogen functional groups attached to an aromatic ring is 1. The van der Waals surface area contributed by atoms with Gasteiger partial charge in [0.05, 0.1) is 16.7 Å². The Balaban J connectivity index is 1.90. The molecule has 0 aliphatic rings. The second-order valence-corrected chi connectivity index (χ2v) is 5.91. The van der Waals surface area contributed by atoms with Crippen LogP contribution in [-0.4, -0.2) is 19.8 Å². The van der Waals surface area contributed by atoms with E-state index in [-0.39, 0.29) is 5.69 Å². The minimum atomic E-state index is -0.408. The number of nitrogens with two attached hydrogens (primary N) is 1. The molecule has 9 heteroatoms. The highest BCUT2D eigenvalue weighted by Crippen LogP contribution is 2.31. The van der Waals surface area contributed by atoms with Gasteiger partial charge in [-0.25, -0.2) is 4.68 Å². The lowest BCUT2D eigenvalue weighted by atomic mass is 10.2. The number of hydrogen-bond acceptors (Lipinski definition) is 7. The van der Waals surface area contributed by atoms with Gasteiger partial charge in [0.1, 0.15) is 5.76 Å². The first-order valence-electron chi connectivity index (χ1n) is 6.65. The van der Waals surface area contributed by atoms with Gasteiger partial charge >= 0.3 is 0 Å². The average molecular weight is 331 g/mol. The summed E-state index contributed by atoms with van der Waals surface area (Å²) in [5, 5.41) is 19.5. The van der Waals surface area contributed by atoms with E-state index in [1.165, 1.54) is 22.5 Å². The van der Waals surface area contributed by atoms with E-state index < -0.39 is 4.92 Å². The molecule has 23 heavy (non-hydrogen) atoms. The Labute approximate surface area is 135 Å². The normalized spacial score (nSPS) is 10.9. The highest BCUT2D eigenvalue weighted by Gasteiger charge is 2.17. The van der Waals surface area contributed by atoms with E-state index in [1.807, 2.05) is 6.92 Å². The molecule has 2 N–H and O–H groups in total. The van der Waals surface area contributed by atoms with E-state index >= 15 is 0 Å². The molecule has 0 unspecified atom stereocenters. The Morgan fingerprint density at radius 1 is 1.30 bits per heavy atom. The summed E-state index contributed by atoms with van der Waals surface area (Å²) in [6.07, 6.45) is 1.56. The van der Waals surface area contributed by atoms with Crippen molar-refractivity contribution in [3.63, 3.8) is 0 Å². The predicted octanol–water partition coefficient (Wildman–Crippen LogP) is 2.93. The summed E-state index contributed by atoms with van der Waals surface area (Å²) in [6, 6.07) is 6.62. The summed E-state index contributed by atoms with van der Waals surface area (Å²) in [5.41, 5.74) is 1.43. The standard InChI is InChI=1S/C14H13N5O3S/c1-8-7-10(3-4-12(8)19(20)21)23-14-17-16-13(18(14)15)11-5-6-22-9(11)2/h3-7H,15H2,1-2H3. The van der Waals surface area contributed by atoms with Crippen LogP contribution in [-0.2, 0) is 0 Å². The van der Waals surface area contributed by atoms with E-state index in [1.54, 1.807) is 31.4 Å². The lowest BCUT2D eigenvalue weighted by molar-refractivity contribution is -0.385. The smallest absolute Gasteiger partial charge is 0.272 e. The molecule has 2 aromatic heterocycles. The van der Waals surface area contributed by atoms with Crippen molar-refractivity contribution >= 4 is 17.4 Å². The lowest BCUT2D eigenvalue weighted by Gasteiger charge is -2.04. The molecule has 0 radical (unpaired) electrons. The van der Waals surface area contributed by atoms with Crippen molar-refractivity contribution in [2.24, 2.45) is 0 Å². The fourth-order valence-corrected chi connectivity index (χ4v) is 3.00. The quantitative estimate of drug-likeness (QED) is 0.444. The zero-order valence-electron chi connectivity index (χ0n) is 12.4. The fourth-order valence-electron chi connectivity index (χ4n) is 2.15. The molecule has 8 nitrogen and oxygen atoms in total. The van der Waals surface area contributed by atoms with Crippen LogP contribution in [0.5, 0.6) is 0 Å². The van der Waals surface area contributed by atoms with Crippen LogP contribution in [0.3, 0.4) is 0 Å². The van der Waals surface area contributed by atoms with E-state index in [9.17, 15) is 10.1 Å². The Hall–Kier alpha value is -2.81. The molecule has 0 fully saturated rings. The van der Waals surface area contributed by atoms with Gasteiger partial charge in [-0.2, -0.15) is 0 Å². The molecule has 3 aromatic rings. The third-order valence-electron chi connectivity index (χ3n) is 3.34. The Morgan fingerprint density at radius 2 is 2.09 bits per heavy atom. The number of benzene rings is 1. The van der Waals surface area contributed by atoms with E-state index in [2.05, 4.69) is 10.2 Å². The molecule has 3 rings (SSSR count). The highest BCUT2D eigenvalue weighted by molar-refractivity contribution is 7.99. The number of hydrogen-bond donors (Lipinski definition) is 1. The van der Waals surface area contributed by atoms with Gasteiger partial charge < -0.3 is 10.3 Å². The SMILES string of the molecule is Cc1cc(Sc2nnc(-c3ccoc3C)n2N)ccc1[N+](=O)[O-]. The van der Waals surface area contributed by atoms with Crippen molar-refractivity contribution in [3.05, 3.63) is 52.0 Å². The summed E-state index contributed by atoms with van der Waals surface area (Å²) < 4.78 is 6.62. The van der Waals surface area contributed by atoms with Gasteiger partial charge in [-0.3, -0.25) is 10.1 Å². The second kappa shape index (κ2) is 5.76. The molecule has 0 spiro atoms. The number of rotatable bonds is 4. The summed E-state index contributed by atoms with van der Waals surface area (Å²) in [7, 11) is 0. The summed E-state index contributed by atoms with van der Waals surface area (Å²) >= 11 is 1.28. The van der Waals surface area contributed by atoms with E-state index in [0.29, 0.717) is 22.3 Å². The van der Waals surface area contributed by atoms with Crippen molar-refractivity contribution in [1.29, 1.82) is 0 Å². The fraction of sp³-hybridized carbons (Fsp3) is 0.143. The van der Waals surface area contributed by atoms with Gasteiger partial charge in [-0.15, -0.1) is 10.2 Å². The first kappa shape index (κ1) is 15.1. The molecule has 118 valence electrons. The van der Waals surface area contributed by atoms with Crippen molar-refractivity contribution in [1.82, 2.24) is 14.9 Å². The molecule has 0 saturated heterocycles. The molecule has 0 aliphatic heterocycles. The third-order valence-corrected chi connectivity index (χ3v) is 4.29. The largest absolute Gasteiger partial charge is 0.469 e. The molecule has 0 atom stereocenters. The zero-order chi connectivity index (χ0) is 16.6. The number of nitro groups is 1. The van der Waals surface area contributed by atoms with E-state index in [4.69, 9.17) is 10.3 Å². The Bertz CT molecular complexity index is 886. The maximum atomic E-state index is 10.9.